The van der Waals surface area contributed by atoms with Gasteiger partial charge in [-0.3, -0.25) is 10.00 Å². The Morgan fingerprint density at radius 1 is 1.15 bits per heavy atom. The summed E-state index contributed by atoms with van der Waals surface area (Å²) in [6.07, 6.45) is 2.60. The number of alkyl halides is 3. The van der Waals surface area contributed by atoms with Gasteiger partial charge in [-0.15, -0.1) is 0 Å². The lowest BCUT2D eigenvalue weighted by Gasteiger charge is -2.39. The van der Waals surface area contributed by atoms with Crippen LogP contribution >= 0.6 is 11.6 Å². The van der Waals surface area contributed by atoms with E-state index in [1.807, 2.05) is 4.90 Å². The predicted octanol–water partition coefficient (Wildman–Crippen LogP) is 6.69. The van der Waals surface area contributed by atoms with Crippen molar-refractivity contribution in [3.8, 4) is 17.1 Å². The molecule has 0 radical (unpaired) electrons. The van der Waals surface area contributed by atoms with Gasteiger partial charge >= 0.3 is 6.01 Å². The maximum Gasteiger partial charge on any atom is 0.319 e. The standard InChI is InChI=1S/C32H32ClF5N6O2/c1-2-5-18-21(33)11-23-20(13-39-42-23)24(18)25-22(35)10-19-27(26(25)36)40-30(46-16-31-6-3-9-44(31)14-17(34)12-31)41-28(19)43-8-4-7-32(45,15-43)29(37)38/h2,5,10-11,13,17,29,45H,3-4,6-9,12,14-16H2,1H3,(H,39,42)/b5-2-/t17-,31+,32-/m1/s1. The number of benzene rings is 2. The number of halogens is 6. The first kappa shape index (κ1) is 31.1. The predicted molar refractivity (Wildman–Crippen MR) is 165 cm³/mol. The van der Waals surface area contributed by atoms with E-state index >= 15 is 8.78 Å². The molecule has 14 heteroatoms. The maximum atomic E-state index is 16.9. The number of allylic oxidation sites excluding steroid dienone is 1. The molecular weight excluding hydrogens is 631 g/mol. The molecule has 2 aromatic heterocycles. The number of aromatic amines is 1. The first-order valence-corrected chi connectivity index (χ1v) is 15.7. The molecule has 0 unspecified atom stereocenters. The number of β-amino-alcohol motifs (C(OH)–C–C–N with tert-alkyl or cyclic N) is 1. The number of fused-ring (bicyclic) bond motifs is 3. The van der Waals surface area contributed by atoms with E-state index in [0.717, 1.165) is 19.0 Å². The molecule has 5 heterocycles. The highest BCUT2D eigenvalue weighted by atomic mass is 35.5. The minimum Gasteiger partial charge on any atom is -0.461 e. The first-order valence-electron chi connectivity index (χ1n) is 15.3. The summed E-state index contributed by atoms with van der Waals surface area (Å²) < 4.78 is 81.5. The van der Waals surface area contributed by atoms with E-state index in [4.69, 9.17) is 16.3 Å². The number of aromatic nitrogens is 4. The van der Waals surface area contributed by atoms with Crippen LogP contribution in [0.5, 0.6) is 6.01 Å². The molecule has 0 bridgehead atoms. The van der Waals surface area contributed by atoms with Gasteiger partial charge in [-0.2, -0.15) is 15.1 Å². The summed E-state index contributed by atoms with van der Waals surface area (Å²) in [5.74, 6) is -2.04. The average molecular weight is 663 g/mol. The van der Waals surface area contributed by atoms with Crippen LogP contribution in [0.25, 0.3) is 39.0 Å². The zero-order valence-electron chi connectivity index (χ0n) is 25.0. The molecule has 8 nitrogen and oxygen atoms in total. The smallest absolute Gasteiger partial charge is 0.319 e. The SMILES string of the molecule is C/C=C\c1c(Cl)cc2[nH]ncc2c1-c1c(F)cc2c(N3CCC[C@](O)(C(F)F)C3)nc(OC[C@@]34CCCN3C[C@H](F)C4)nc2c1F. The summed E-state index contributed by atoms with van der Waals surface area (Å²) in [7, 11) is 0. The van der Waals surface area contributed by atoms with Crippen LogP contribution in [0, 0.1) is 11.6 Å². The molecule has 7 rings (SSSR count). The number of nitrogens with one attached hydrogen (secondary N) is 1. The van der Waals surface area contributed by atoms with Crippen LogP contribution in [0.15, 0.2) is 24.4 Å². The number of rotatable bonds is 7. The minimum atomic E-state index is -3.05. The third-order valence-electron chi connectivity index (χ3n) is 9.60. The summed E-state index contributed by atoms with van der Waals surface area (Å²) in [4.78, 5) is 12.3. The maximum absolute atomic E-state index is 16.9. The highest BCUT2D eigenvalue weighted by Gasteiger charge is 2.49. The van der Waals surface area contributed by atoms with Crippen molar-refractivity contribution in [2.24, 2.45) is 0 Å². The van der Waals surface area contributed by atoms with E-state index in [0.29, 0.717) is 29.4 Å². The average Bonchev–Trinajstić information content (AvgIpc) is 3.71. The zero-order valence-corrected chi connectivity index (χ0v) is 25.7. The van der Waals surface area contributed by atoms with E-state index in [9.17, 15) is 18.3 Å². The second-order valence-corrected chi connectivity index (χ2v) is 13.0. The van der Waals surface area contributed by atoms with Crippen LogP contribution < -0.4 is 9.64 Å². The Bertz CT molecular complexity index is 1860. The third kappa shape index (κ3) is 5.07. The molecule has 3 saturated heterocycles. The molecule has 0 saturated carbocycles. The molecule has 0 aliphatic carbocycles. The van der Waals surface area contributed by atoms with Gasteiger partial charge in [0.25, 0.3) is 6.43 Å². The Kier molecular flexibility index (Phi) is 7.84. The Labute approximate surface area is 266 Å². The molecule has 3 aliphatic heterocycles. The number of ether oxygens (including phenoxy) is 1. The van der Waals surface area contributed by atoms with Gasteiger partial charge in [-0.25, -0.2) is 22.0 Å². The van der Waals surface area contributed by atoms with Gasteiger partial charge in [0.05, 0.1) is 34.4 Å². The van der Waals surface area contributed by atoms with Crippen molar-refractivity contribution < 1.29 is 31.8 Å². The highest BCUT2D eigenvalue weighted by Crippen LogP contribution is 2.44. The zero-order chi connectivity index (χ0) is 32.4. The van der Waals surface area contributed by atoms with Crippen LogP contribution in [-0.2, 0) is 0 Å². The van der Waals surface area contributed by atoms with E-state index in [1.165, 1.54) is 11.1 Å². The van der Waals surface area contributed by atoms with E-state index < -0.39 is 47.5 Å². The highest BCUT2D eigenvalue weighted by molar-refractivity contribution is 6.34. The van der Waals surface area contributed by atoms with Crippen molar-refractivity contribution in [3.63, 3.8) is 0 Å². The number of hydrogen-bond donors (Lipinski definition) is 2. The topological polar surface area (TPSA) is 90.4 Å². The Balaban J connectivity index is 1.41. The molecule has 2 N–H and O–H groups in total. The normalized spacial score (nSPS) is 25.5. The fourth-order valence-corrected chi connectivity index (χ4v) is 7.71. The number of aliphatic hydroxyl groups is 1. The number of piperidine rings is 1. The number of anilines is 1. The fraction of sp³-hybridized carbons (Fsp3) is 0.469. The minimum absolute atomic E-state index is 0.0321. The second-order valence-electron chi connectivity index (χ2n) is 12.5. The number of hydrogen-bond acceptors (Lipinski definition) is 7. The molecule has 244 valence electrons. The van der Waals surface area contributed by atoms with Crippen molar-refractivity contribution in [1.29, 1.82) is 0 Å². The van der Waals surface area contributed by atoms with Crippen LogP contribution in [0.2, 0.25) is 5.02 Å². The number of H-pyrrole nitrogens is 1. The lowest BCUT2D eigenvalue weighted by Crippen LogP contribution is -2.53. The number of nitrogens with zero attached hydrogens (tertiary/aromatic N) is 5. The van der Waals surface area contributed by atoms with Gasteiger partial charge in [-0.05, 0) is 51.3 Å². The van der Waals surface area contributed by atoms with Gasteiger partial charge in [-0.1, -0.05) is 23.8 Å². The molecule has 2 aromatic carbocycles. The van der Waals surface area contributed by atoms with Gasteiger partial charge in [0, 0.05) is 41.4 Å². The summed E-state index contributed by atoms with van der Waals surface area (Å²) >= 11 is 6.57. The molecule has 3 fully saturated rings. The van der Waals surface area contributed by atoms with E-state index in [-0.39, 0.29) is 65.7 Å². The molecule has 3 aliphatic rings. The van der Waals surface area contributed by atoms with Crippen LogP contribution in [-0.4, -0.2) is 86.7 Å². The Hall–Kier alpha value is -3.55. The van der Waals surface area contributed by atoms with Gasteiger partial charge in [0.1, 0.15) is 35.5 Å². The van der Waals surface area contributed by atoms with Gasteiger partial charge in [0.15, 0.2) is 5.82 Å². The molecular formula is C32H32ClF5N6O2. The summed E-state index contributed by atoms with van der Waals surface area (Å²) in [5, 5.41) is 18.1. The summed E-state index contributed by atoms with van der Waals surface area (Å²) in [6.45, 7) is 2.47. The molecule has 3 atom stereocenters. The molecule has 0 amide bonds. The molecule has 0 spiro atoms. The van der Waals surface area contributed by atoms with Crippen LogP contribution in [0.1, 0.15) is 44.6 Å². The van der Waals surface area contributed by atoms with Crippen LogP contribution in [0.4, 0.5) is 27.8 Å². The third-order valence-corrected chi connectivity index (χ3v) is 9.91. The summed E-state index contributed by atoms with van der Waals surface area (Å²) in [5.41, 5.74) is -2.65. The van der Waals surface area contributed by atoms with Crippen molar-refractivity contribution >= 4 is 45.3 Å². The van der Waals surface area contributed by atoms with Crippen molar-refractivity contribution in [3.05, 3.63) is 46.6 Å². The lowest BCUT2D eigenvalue weighted by molar-refractivity contribution is -0.102. The fourth-order valence-electron chi connectivity index (χ4n) is 7.44. The monoisotopic (exact) mass is 662 g/mol. The Morgan fingerprint density at radius 3 is 2.74 bits per heavy atom. The molecule has 4 aromatic rings. The van der Waals surface area contributed by atoms with Crippen molar-refractivity contribution in [2.45, 2.75) is 62.8 Å². The van der Waals surface area contributed by atoms with E-state index in [2.05, 4.69) is 20.2 Å². The van der Waals surface area contributed by atoms with Crippen molar-refractivity contribution in [2.75, 3.05) is 37.7 Å². The largest absolute Gasteiger partial charge is 0.461 e. The Morgan fingerprint density at radius 2 is 1.96 bits per heavy atom. The van der Waals surface area contributed by atoms with Gasteiger partial charge in [0.2, 0.25) is 0 Å². The summed E-state index contributed by atoms with van der Waals surface area (Å²) in [6, 6.07) is 2.42. The first-order chi connectivity index (χ1) is 22.0. The van der Waals surface area contributed by atoms with Crippen LogP contribution in [0.3, 0.4) is 0 Å². The second kappa shape index (κ2) is 11.6. The van der Waals surface area contributed by atoms with Crippen molar-refractivity contribution in [1.82, 2.24) is 25.1 Å². The van der Waals surface area contributed by atoms with Gasteiger partial charge < -0.3 is 14.7 Å². The van der Waals surface area contributed by atoms with E-state index in [1.54, 1.807) is 25.1 Å². The molecule has 46 heavy (non-hydrogen) atoms. The quantitative estimate of drug-likeness (QED) is 0.213. The lowest BCUT2D eigenvalue weighted by atomic mass is 9.92.